The van der Waals surface area contributed by atoms with Crippen molar-refractivity contribution in [1.29, 1.82) is 0 Å². The van der Waals surface area contributed by atoms with Crippen molar-refractivity contribution in [3.8, 4) is 11.5 Å². The largest absolute Gasteiger partial charge is 0.484 e. The molecule has 0 aromatic heterocycles. The fourth-order valence-corrected chi connectivity index (χ4v) is 2.51. The van der Waals surface area contributed by atoms with Gasteiger partial charge >= 0.3 is 0 Å². The van der Waals surface area contributed by atoms with Gasteiger partial charge in [0.2, 0.25) is 0 Å². The van der Waals surface area contributed by atoms with Gasteiger partial charge in [0, 0.05) is 4.47 Å². The van der Waals surface area contributed by atoms with Crippen molar-refractivity contribution in [2.24, 2.45) is 0 Å². The molecule has 2 aromatic rings. The van der Waals surface area contributed by atoms with Gasteiger partial charge in [0.05, 0.1) is 0 Å². The van der Waals surface area contributed by atoms with Gasteiger partial charge in [-0.2, -0.15) is 0 Å². The molecule has 0 aliphatic rings. The van der Waals surface area contributed by atoms with Gasteiger partial charge in [-0.25, -0.2) is 0 Å². The van der Waals surface area contributed by atoms with Gasteiger partial charge in [-0.3, -0.25) is 20.4 Å². The van der Waals surface area contributed by atoms with Gasteiger partial charge in [0.25, 0.3) is 11.8 Å². The van der Waals surface area contributed by atoms with Crippen LogP contribution in [-0.2, 0) is 15.0 Å². The molecule has 0 saturated heterocycles. The monoisotopic (exact) mass is 448 g/mol. The van der Waals surface area contributed by atoms with Crippen molar-refractivity contribution < 1.29 is 19.1 Å². The van der Waals surface area contributed by atoms with Gasteiger partial charge in [0.15, 0.2) is 13.2 Å². The van der Waals surface area contributed by atoms with Crippen LogP contribution in [-0.4, -0.2) is 25.0 Å². The molecule has 0 atom stereocenters. The summed E-state index contributed by atoms with van der Waals surface area (Å²) in [5.74, 6) is 0.218. The molecule has 0 unspecified atom stereocenters. The summed E-state index contributed by atoms with van der Waals surface area (Å²) in [6.45, 7) is 6.09. The summed E-state index contributed by atoms with van der Waals surface area (Å²) < 4.78 is 11.7. The maximum absolute atomic E-state index is 11.8. The van der Waals surface area contributed by atoms with Crippen LogP contribution in [0.3, 0.4) is 0 Å². The molecular formula is C21H25BrN2O4. The second-order valence-electron chi connectivity index (χ2n) is 6.89. The number of hydrazine groups is 1. The SMILES string of the molecule is CCC(C)(C)c1ccc(OCC(=O)NNC(=O)COc2ccc(Br)cc2)cc1. The third-order valence-corrected chi connectivity index (χ3v) is 4.94. The number of benzene rings is 2. The van der Waals surface area contributed by atoms with Gasteiger partial charge in [0.1, 0.15) is 11.5 Å². The van der Waals surface area contributed by atoms with E-state index in [9.17, 15) is 9.59 Å². The standard InChI is InChI=1S/C21H25BrN2O4/c1-4-21(2,3)15-5-9-17(10-6-15)27-13-19(25)23-24-20(26)14-28-18-11-7-16(22)8-12-18/h5-12H,4,13-14H2,1-3H3,(H,23,25)(H,24,26). The predicted molar refractivity (Wildman–Crippen MR) is 111 cm³/mol. The molecule has 0 radical (unpaired) electrons. The quantitative estimate of drug-likeness (QED) is 0.602. The zero-order valence-corrected chi connectivity index (χ0v) is 17.8. The Balaban J connectivity index is 1.69. The molecule has 0 aliphatic carbocycles. The summed E-state index contributed by atoms with van der Waals surface area (Å²) in [4.78, 5) is 23.5. The van der Waals surface area contributed by atoms with E-state index in [-0.39, 0.29) is 18.6 Å². The Morgan fingerprint density at radius 2 is 1.29 bits per heavy atom. The van der Waals surface area contributed by atoms with Crippen LogP contribution < -0.4 is 20.3 Å². The molecule has 2 aromatic carbocycles. The van der Waals surface area contributed by atoms with Gasteiger partial charge in [-0.1, -0.05) is 48.8 Å². The van der Waals surface area contributed by atoms with Gasteiger partial charge in [-0.05, 0) is 53.8 Å². The molecule has 150 valence electrons. The molecule has 28 heavy (non-hydrogen) atoms. The minimum atomic E-state index is -0.470. The Morgan fingerprint density at radius 3 is 1.71 bits per heavy atom. The smallest absolute Gasteiger partial charge is 0.276 e. The molecule has 0 aliphatic heterocycles. The molecule has 2 amide bonds. The van der Waals surface area contributed by atoms with Crippen molar-refractivity contribution in [3.63, 3.8) is 0 Å². The van der Waals surface area contributed by atoms with Crippen LogP contribution in [0.5, 0.6) is 11.5 Å². The Morgan fingerprint density at radius 1 is 0.857 bits per heavy atom. The third-order valence-electron chi connectivity index (χ3n) is 4.41. The minimum Gasteiger partial charge on any atom is -0.484 e. The molecular weight excluding hydrogens is 424 g/mol. The number of carbonyl (C=O) groups excluding carboxylic acids is 2. The van der Waals surface area contributed by atoms with E-state index in [1.54, 1.807) is 12.1 Å². The Bertz CT molecular complexity index is 789. The molecule has 2 N–H and O–H groups in total. The summed E-state index contributed by atoms with van der Waals surface area (Å²) in [5.41, 5.74) is 5.88. The van der Waals surface area contributed by atoms with Crippen LogP contribution in [0.15, 0.2) is 53.0 Å². The summed E-state index contributed by atoms with van der Waals surface area (Å²) in [5, 5.41) is 0. The van der Waals surface area contributed by atoms with Gasteiger partial charge < -0.3 is 9.47 Å². The van der Waals surface area contributed by atoms with E-state index in [0.29, 0.717) is 11.5 Å². The summed E-state index contributed by atoms with van der Waals surface area (Å²) in [7, 11) is 0. The first-order valence-corrected chi connectivity index (χ1v) is 9.79. The maximum Gasteiger partial charge on any atom is 0.276 e. The summed E-state index contributed by atoms with van der Waals surface area (Å²) in [6.07, 6.45) is 1.03. The topological polar surface area (TPSA) is 76.7 Å². The number of halogens is 1. The molecule has 7 heteroatoms. The zero-order valence-electron chi connectivity index (χ0n) is 16.3. The summed E-state index contributed by atoms with van der Waals surface area (Å²) in [6, 6.07) is 14.8. The molecule has 0 saturated carbocycles. The van der Waals surface area contributed by atoms with E-state index in [1.165, 1.54) is 5.56 Å². The van der Waals surface area contributed by atoms with Crippen LogP contribution >= 0.6 is 15.9 Å². The van der Waals surface area contributed by atoms with Crippen molar-refractivity contribution in [2.75, 3.05) is 13.2 Å². The number of hydrogen-bond acceptors (Lipinski definition) is 4. The highest BCUT2D eigenvalue weighted by Crippen LogP contribution is 2.27. The fourth-order valence-electron chi connectivity index (χ4n) is 2.25. The molecule has 2 rings (SSSR count). The number of hydrogen-bond donors (Lipinski definition) is 2. The van der Waals surface area contributed by atoms with E-state index >= 15 is 0 Å². The lowest BCUT2D eigenvalue weighted by atomic mass is 9.82. The lowest BCUT2D eigenvalue weighted by Crippen LogP contribution is -2.45. The van der Waals surface area contributed by atoms with E-state index in [1.807, 2.05) is 36.4 Å². The second-order valence-corrected chi connectivity index (χ2v) is 7.81. The lowest BCUT2D eigenvalue weighted by molar-refractivity contribution is -0.131. The minimum absolute atomic E-state index is 0.0957. The number of amides is 2. The Hall–Kier alpha value is -2.54. The zero-order chi connectivity index (χ0) is 20.6. The van der Waals surface area contributed by atoms with E-state index in [2.05, 4.69) is 47.6 Å². The normalized spacial score (nSPS) is 10.9. The number of carbonyl (C=O) groups is 2. The van der Waals surface area contributed by atoms with E-state index < -0.39 is 11.8 Å². The number of rotatable bonds is 8. The van der Waals surface area contributed by atoms with Crippen molar-refractivity contribution >= 4 is 27.7 Å². The maximum atomic E-state index is 11.8. The number of nitrogens with one attached hydrogen (secondary N) is 2. The fraction of sp³-hybridized carbons (Fsp3) is 0.333. The van der Waals surface area contributed by atoms with Gasteiger partial charge in [-0.15, -0.1) is 0 Å². The predicted octanol–water partition coefficient (Wildman–Crippen LogP) is 3.74. The van der Waals surface area contributed by atoms with Crippen molar-refractivity contribution in [2.45, 2.75) is 32.6 Å². The van der Waals surface area contributed by atoms with Crippen LogP contribution in [0.1, 0.15) is 32.8 Å². The summed E-state index contributed by atoms with van der Waals surface area (Å²) >= 11 is 3.32. The molecule has 0 fully saturated rings. The van der Waals surface area contributed by atoms with Crippen molar-refractivity contribution in [1.82, 2.24) is 10.9 Å². The highest BCUT2D eigenvalue weighted by molar-refractivity contribution is 9.10. The van der Waals surface area contributed by atoms with Crippen LogP contribution in [0.2, 0.25) is 0 Å². The highest BCUT2D eigenvalue weighted by Gasteiger charge is 2.17. The Labute approximate surface area is 173 Å². The first-order chi connectivity index (χ1) is 13.3. The lowest BCUT2D eigenvalue weighted by Gasteiger charge is -2.23. The molecule has 0 bridgehead atoms. The first-order valence-electron chi connectivity index (χ1n) is 8.99. The van der Waals surface area contributed by atoms with E-state index in [0.717, 1.165) is 10.9 Å². The molecule has 0 spiro atoms. The third kappa shape index (κ3) is 6.88. The van der Waals surface area contributed by atoms with Crippen LogP contribution in [0, 0.1) is 0 Å². The van der Waals surface area contributed by atoms with Crippen LogP contribution in [0.25, 0.3) is 0 Å². The molecule has 0 heterocycles. The second kappa shape index (κ2) is 10.1. The molecule has 6 nitrogen and oxygen atoms in total. The average molecular weight is 449 g/mol. The number of ether oxygens (including phenoxy) is 2. The first kappa shape index (κ1) is 21.8. The van der Waals surface area contributed by atoms with Crippen LogP contribution in [0.4, 0.5) is 0 Å². The average Bonchev–Trinajstić information content (AvgIpc) is 2.70. The highest BCUT2D eigenvalue weighted by atomic mass is 79.9. The van der Waals surface area contributed by atoms with Crippen molar-refractivity contribution in [3.05, 3.63) is 58.6 Å². The van der Waals surface area contributed by atoms with E-state index in [4.69, 9.17) is 9.47 Å². The Kier molecular flexibility index (Phi) is 7.87.